The van der Waals surface area contributed by atoms with E-state index in [2.05, 4.69) is 25.4 Å². The van der Waals surface area contributed by atoms with E-state index in [0.29, 0.717) is 49.7 Å². The van der Waals surface area contributed by atoms with Crippen molar-refractivity contribution in [2.24, 2.45) is 0 Å². The van der Waals surface area contributed by atoms with Gasteiger partial charge in [0.1, 0.15) is 22.7 Å². The van der Waals surface area contributed by atoms with Crippen LogP contribution in [0.2, 0.25) is 0 Å². The molecule has 0 N–H and O–H groups in total. The van der Waals surface area contributed by atoms with E-state index >= 15 is 0 Å². The highest BCUT2D eigenvalue weighted by Crippen LogP contribution is 2.25. The summed E-state index contributed by atoms with van der Waals surface area (Å²) >= 11 is 0. The lowest BCUT2D eigenvalue weighted by Crippen LogP contribution is -2.35. The topological polar surface area (TPSA) is 110 Å². The molecule has 0 atom stereocenters. The minimum atomic E-state index is -3.63. The first kappa shape index (κ1) is 16.9. The summed E-state index contributed by atoms with van der Waals surface area (Å²) in [6.45, 7) is 5.34. The Balaban J connectivity index is 1.56. The van der Waals surface area contributed by atoms with E-state index in [1.54, 1.807) is 24.7 Å². The van der Waals surface area contributed by atoms with E-state index in [-0.39, 0.29) is 4.90 Å². The summed E-state index contributed by atoms with van der Waals surface area (Å²) in [6.07, 6.45) is 2.25. The zero-order valence-corrected chi connectivity index (χ0v) is 15.3. The van der Waals surface area contributed by atoms with E-state index in [0.717, 1.165) is 5.82 Å². The van der Waals surface area contributed by atoms with Crippen LogP contribution >= 0.6 is 0 Å². The molecule has 0 spiro atoms. The Kier molecular flexibility index (Phi) is 4.11. The zero-order chi connectivity index (χ0) is 18.3. The number of nitrogens with zero attached hydrogens (tertiary/aromatic N) is 7. The Bertz CT molecular complexity index is 1020. The molecule has 3 aromatic rings. The smallest absolute Gasteiger partial charge is 0.248 e. The molecule has 0 unspecified atom stereocenters. The van der Waals surface area contributed by atoms with Gasteiger partial charge in [0, 0.05) is 26.2 Å². The zero-order valence-electron chi connectivity index (χ0n) is 14.5. The number of aromatic nitrogens is 5. The molecule has 0 amide bonds. The molecule has 0 saturated carbocycles. The van der Waals surface area contributed by atoms with Crippen LogP contribution in [-0.4, -0.2) is 63.9 Å². The lowest BCUT2D eigenvalue weighted by Gasteiger charge is -2.22. The van der Waals surface area contributed by atoms with Crippen molar-refractivity contribution < 1.29 is 12.9 Å². The van der Waals surface area contributed by atoms with Crippen molar-refractivity contribution in [2.75, 3.05) is 31.1 Å². The van der Waals surface area contributed by atoms with Gasteiger partial charge in [-0.1, -0.05) is 5.16 Å². The molecule has 3 aromatic heterocycles. The van der Waals surface area contributed by atoms with Gasteiger partial charge in [0.25, 0.3) is 0 Å². The summed E-state index contributed by atoms with van der Waals surface area (Å²) in [5, 5.41) is 16.0. The molecule has 1 fully saturated rings. The van der Waals surface area contributed by atoms with Crippen LogP contribution in [0.4, 0.5) is 5.82 Å². The first-order chi connectivity index (χ1) is 12.5. The largest absolute Gasteiger partial charge is 0.360 e. The summed E-state index contributed by atoms with van der Waals surface area (Å²) in [5.74, 6) is 1.09. The second-order valence-corrected chi connectivity index (χ2v) is 8.10. The molecular weight excluding hydrogens is 358 g/mol. The quantitative estimate of drug-likeness (QED) is 0.654. The first-order valence-corrected chi connectivity index (χ1v) is 9.76. The molecule has 0 bridgehead atoms. The van der Waals surface area contributed by atoms with Crippen LogP contribution in [0.15, 0.2) is 27.9 Å². The number of hydrogen-bond acceptors (Lipinski definition) is 8. The normalized spacial score (nSPS) is 16.9. The molecule has 0 aliphatic carbocycles. The minimum Gasteiger partial charge on any atom is -0.360 e. The minimum absolute atomic E-state index is 0.176. The number of aryl methyl sites for hydroxylation is 2. The third-order valence-corrected chi connectivity index (χ3v) is 6.64. The van der Waals surface area contributed by atoms with Crippen molar-refractivity contribution >= 4 is 21.5 Å². The SMILES string of the molecule is Cc1noc(C)c1S(=O)(=O)N1CCCN(c2ccc3nncn3n2)CC1. The molecular formula is C15H19N7O3S. The molecule has 4 rings (SSSR count). The lowest BCUT2D eigenvalue weighted by molar-refractivity contribution is 0.389. The fourth-order valence-electron chi connectivity index (χ4n) is 3.22. The van der Waals surface area contributed by atoms with Crippen molar-refractivity contribution in [3.8, 4) is 0 Å². The van der Waals surface area contributed by atoms with Crippen LogP contribution in [0.3, 0.4) is 0 Å². The number of fused-ring (bicyclic) bond motifs is 1. The molecule has 0 aromatic carbocycles. The van der Waals surface area contributed by atoms with Gasteiger partial charge in [-0.3, -0.25) is 0 Å². The van der Waals surface area contributed by atoms with Crippen LogP contribution < -0.4 is 4.90 Å². The fourth-order valence-corrected chi connectivity index (χ4v) is 4.98. The number of rotatable bonds is 3. The van der Waals surface area contributed by atoms with Gasteiger partial charge in [-0.25, -0.2) is 8.42 Å². The Morgan fingerprint density at radius 3 is 2.73 bits per heavy atom. The van der Waals surface area contributed by atoms with Crippen LogP contribution in [0.1, 0.15) is 17.9 Å². The Hall–Kier alpha value is -2.53. The van der Waals surface area contributed by atoms with Gasteiger partial charge in [-0.15, -0.1) is 15.3 Å². The van der Waals surface area contributed by atoms with Gasteiger partial charge in [-0.2, -0.15) is 8.82 Å². The molecule has 11 heteroatoms. The highest BCUT2D eigenvalue weighted by atomic mass is 32.2. The standard InChI is InChI=1S/C15H19N7O3S/c1-11-15(12(2)25-19-11)26(23,24)21-7-3-6-20(8-9-21)14-5-4-13-17-16-10-22(13)18-14/h4-5,10H,3,6-9H2,1-2H3. The van der Waals surface area contributed by atoms with Gasteiger partial charge in [0.15, 0.2) is 11.4 Å². The molecule has 26 heavy (non-hydrogen) atoms. The van der Waals surface area contributed by atoms with E-state index < -0.39 is 10.0 Å². The molecule has 138 valence electrons. The molecule has 10 nitrogen and oxygen atoms in total. The van der Waals surface area contributed by atoms with Gasteiger partial charge >= 0.3 is 0 Å². The van der Waals surface area contributed by atoms with Gasteiger partial charge in [0.05, 0.1) is 0 Å². The highest BCUT2D eigenvalue weighted by molar-refractivity contribution is 7.89. The van der Waals surface area contributed by atoms with E-state index in [1.807, 2.05) is 12.1 Å². The van der Waals surface area contributed by atoms with Crippen LogP contribution in [0.25, 0.3) is 5.65 Å². The molecule has 1 aliphatic rings. The van der Waals surface area contributed by atoms with Crippen molar-refractivity contribution in [1.82, 2.24) is 29.3 Å². The van der Waals surface area contributed by atoms with Crippen molar-refractivity contribution in [3.63, 3.8) is 0 Å². The van der Waals surface area contributed by atoms with E-state index in [9.17, 15) is 8.42 Å². The van der Waals surface area contributed by atoms with E-state index in [1.165, 1.54) is 4.31 Å². The Morgan fingerprint density at radius 1 is 1.12 bits per heavy atom. The third-order valence-electron chi connectivity index (χ3n) is 4.49. The Labute approximate surface area is 150 Å². The second-order valence-electron chi connectivity index (χ2n) is 6.22. The van der Waals surface area contributed by atoms with Gasteiger partial charge in [0.2, 0.25) is 10.0 Å². The summed E-state index contributed by atoms with van der Waals surface area (Å²) < 4.78 is 34.1. The lowest BCUT2D eigenvalue weighted by atomic mass is 10.4. The Morgan fingerprint density at radius 2 is 1.96 bits per heavy atom. The van der Waals surface area contributed by atoms with Gasteiger partial charge < -0.3 is 9.42 Å². The van der Waals surface area contributed by atoms with Crippen LogP contribution in [0, 0.1) is 13.8 Å². The van der Waals surface area contributed by atoms with Crippen LogP contribution in [0.5, 0.6) is 0 Å². The van der Waals surface area contributed by atoms with Crippen molar-refractivity contribution in [3.05, 3.63) is 29.9 Å². The van der Waals surface area contributed by atoms with Crippen molar-refractivity contribution in [1.29, 1.82) is 0 Å². The molecule has 1 aliphatic heterocycles. The summed E-state index contributed by atoms with van der Waals surface area (Å²) in [5.41, 5.74) is 1.06. The first-order valence-electron chi connectivity index (χ1n) is 8.32. The summed E-state index contributed by atoms with van der Waals surface area (Å²) in [4.78, 5) is 2.25. The average Bonchev–Trinajstić information content (AvgIpc) is 3.11. The number of anilines is 1. The monoisotopic (exact) mass is 377 g/mol. The average molecular weight is 377 g/mol. The second kappa shape index (κ2) is 6.32. The fraction of sp³-hybridized carbons (Fsp3) is 0.467. The predicted octanol–water partition coefficient (Wildman–Crippen LogP) is 0.630. The van der Waals surface area contributed by atoms with E-state index in [4.69, 9.17) is 4.52 Å². The number of sulfonamides is 1. The van der Waals surface area contributed by atoms with Crippen molar-refractivity contribution in [2.45, 2.75) is 25.2 Å². The predicted molar refractivity (Wildman–Crippen MR) is 92.3 cm³/mol. The number of hydrogen-bond donors (Lipinski definition) is 0. The highest BCUT2D eigenvalue weighted by Gasteiger charge is 2.32. The molecule has 0 radical (unpaired) electrons. The molecule has 1 saturated heterocycles. The maximum absolute atomic E-state index is 13.0. The van der Waals surface area contributed by atoms with Crippen LogP contribution in [-0.2, 0) is 10.0 Å². The van der Waals surface area contributed by atoms with Gasteiger partial charge in [-0.05, 0) is 32.4 Å². The summed E-state index contributed by atoms with van der Waals surface area (Å²) in [6, 6.07) is 3.72. The third kappa shape index (κ3) is 2.82. The molecule has 4 heterocycles. The maximum atomic E-state index is 13.0. The summed E-state index contributed by atoms with van der Waals surface area (Å²) in [7, 11) is -3.63. The maximum Gasteiger partial charge on any atom is 0.248 e.